The maximum Gasteiger partial charge on any atom is 0.233 e. The van der Waals surface area contributed by atoms with E-state index in [9.17, 15) is 28.9 Å². The minimum Gasteiger partial charge on any atom is -0.508 e. The van der Waals surface area contributed by atoms with Crippen LogP contribution in [0.4, 0.5) is 14.5 Å². The molecule has 0 spiro atoms. The summed E-state index contributed by atoms with van der Waals surface area (Å²) in [7, 11) is 0. The van der Waals surface area contributed by atoms with Crippen LogP contribution in [0.1, 0.15) is 36.1 Å². The second-order valence-corrected chi connectivity index (χ2v) is 9.20. The molecule has 37 heavy (non-hydrogen) atoms. The summed E-state index contributed by atoms with van der Waals surface area (Å²) in [6.45, 7) is 0. The highest BCUT2D eigenvalue weighted by Gasteiger charge is 2.48. The van der Waals surface area contributed by atoms with Gasteiger partial charge in [-0.2, -0.15) is 0 Å². The summed E-state index contributed by atoms with van der Waals surface area (Å²) in [6, 6.07) is 22.8. The molecular formula is C30H25F2NO4. The first kappa shape index (κ1) is 24.5. The number of phenolic OH excluding ortho intramolecular Hbond substituents is 2. The van der Waals surface area contributed by atoms with E-state index in [0.29, 0.717) is 29.7 Å². The van der Waals surface area contributed by atoms with Gasteiger partial charge in [-0.25, -0.2) is 8.78 Å². The smallest absolute Gasteiger partial charge is 0.233 e. The lowest BCUT2D eigenvalue weighted by atomic mass is 9.78. The van der Waals surface area contributed by atoms with Crippen molar-refractivity contribution >= 4 is 11.6 Å². The molecule has 188 valence electrons. The number of anilines is 1. The van der Waals surface area contributed by atoms with Crippen molar-refractivity contribution in [1.82, 2.24) is 0 Å². The van der Waals surface area contributed by atoms with Crippen LogP contribution in [0.2, 0.25) is 0 Å². The highest BCUT2D eigenvalue weighted by atomic mass is 19.1. The van der Waals surface area contributed by atoms with Crippen LogP contribution in [-0.4, -0.2) is 21.2 Å². The molecule has 1 fully saturated rings. The minimum absolute atomic E-state index is 0.0357. The average molecular weight is 502 g/mol. The van der Waals surface area contributed by atoms with E-state index in [1.807, 2.05) is 24.3 Å². The molecule has 4 aromatic rings. The fourth-order valence-corrected chi connectivity index (χ4v) is 4.91. The van der Waals surface area contributed by atoms with E-state index in [1.165, 1.54) is 48.5 Å². The summed E-state index contributed by atoms with van der Waals surface area (Å²) in [6.07, 6.45) is -0.121. The molecule has 3 N–H and O–H groups in total. The van der Waals surface area contributed by atoms with Crippen molar-refractivity contribution in [3.05, 3.63) is 114 Å². The van der Waals surface area contributed by atoms with Crippen molar-refractivity contribution in [3.63, 3.8) is 0 Å². The Labute approximate surface area is 212 Å². The molecule has 0 saturated carbocycles. The fraction of sp³-hybridized carbons (Fsp3) is 0.167. The van der Waals surface area contributed by atoms with Crippen LogP contribution < -0.4 is 4.90 Å². The standard InChI is InChI=1S/C30H25F2NO4/c31-21-7-5-19(6-8-21)27(35)16-15-26-29(33(30(26)37)23-11-9-22(32)10-12-23)20-3-1-18(2-4-20)25-14-13-24(34)17-28(25)36/h1-14,17,26-27,29,34-36H,15-16H2/t26?,27-,29+/m0/s1. The summed E-state index contributed by atoms with van der Waals surface area (Å²) in [5.41, 5.74) is 3.31. The first-order valence-electron chi connectivity index (χ1n) is 12.0. The lowest BCUT2D eigenvalue weighted by molar-refractivity contribution is -0.131. The molecule has 1 saturated heterocycles. The third-order valence-electron chi connectivity index (χ3n) is 6.87. The molecule has 0 bridgehead atoms. The number of hydrogen-bond acceptors (Lipinski definition) is 4. The van der Waals surface area contributed by atoms with Gasteiger partial charge in [-0.05, 0) is 78.1 Å². The van der Waals surface area contributed by atoms with Gasteiger partial charge < -0.3 is 20.2 Å². The van der Waals surface area contributed by atoms with E-state index >= 15 is 0 Å². The van der Waals surface area contributed by atoms with Crippen LogP contribution in [0.15, 0.2) is 91.0 Å². The molecule has 1 unspecified atom stereocenters. The SMILES string of the molecule is O=C1C(CC[C@H](O)c2ccc(F)cc2)[C@@H](c2ccc(-c3ccc(O)cc3O)cc2)N1c1ccc(F)cc1. The van der Waals surface area contributed by atoms with Gasteiger partial charge in [0.25, 0.3) is 0 Å². The zero-order chi connectivity index (χ0) is 26.1. The van der Waals surface area contributed by atoms with Crippen LogP contribution in [0.25, 0.3) is 11.1 Å². The third kappa shape index (κ3) is 4.90. The fourth-order valence-electron chi connectivity index (χ4n) is 4.91. The van der Waals surface area contributed by atoms with Crippen molar-refractivity contribution in [2.45, 2.75) is 25.0 Å². The molecule has 4 aromatic carbocycles. The van der Waals surface area contributed by atoms with Crippen LogP contribution in [0.3, 0.4) is 0 Å². The number of phenols is 2. The van der Waals surface area contributed by atoms with Crippen molar-refractivity contribution in [2.75, 3.05) is 4.90 Å². The zero-order valence-corrected chi connectivity index (χ0v) is 19.8. The topological polar surface area (TPSA) is 81.0 Å². The maximum absolute atomic E-state index is 13.5. The van der Waals surface area contributed by atoms with E-state index in [2.05, 4.69) is 0 Å². The molecule has 1 aliphatic heterocycles. The third-order valence-corrected chi connectivity index (χ3v) is 6.87. The summed E-state index contributed by atoms with van der Waals surface area (Å²) in [4.78, 5) is 14.9. The molecule has 1 heterocycles. The van der Waals surface area contributed by atoms with E-state index in [0.717, 1.165) is 11.1 Å². The largest absolute Gasteiger partial charge is 0.508 e. The Bertz CT molecular complexity index is 1410. The van der Waals surface area contributed by atoms with E-state index < -0.39 is 17.8 Å². The van der Waals surface area contributed by atoms with Crippen molar-refractivity contribution in [1.29, 1.82) is 0 Å². The van der Waals surface area contributed by atoms with Crippen LogP contribution in [-0.2, 0) is 4.79 Å². The average Bonchev–Trinajstić information content (AvgIpc) is 2.89. The number of nitrogens with zero attached hydrogens (tertiary/aromatic N) is 1. The number of aromatic hydroxyl groups is 2. The Balaban J connectivity index is 1.41. The molecule has 5 nitrogen and oxygen atoms in total. The second kappa shape index (κ2) is 10.0. The van der Waals surface area contributed by atoms with Gasteiger partial charge in [0.05, 0.1) is 18.1 Å². The molecule has 1 amide bonds. The number of hydrogen-bond donors (Lipinski definition) is 3. The van der Waals surface area contributed by atoms with Crippen LogP contribution in [0.5, 0.6) is 11.5 Å². The molecule has 7 heteroatoms. The van der Waals surface area contributed by atoms with Gasteiger partial charge in [-0.15, -0.1) is 0 Å². The molecule has 3 atom stereocenters. The quantitative estimate of drug-likeness (QED) is 0.261. The zero-order valence-electron chi connectivity index (χ0n) is 19.8. The normalized spacial score (nSPS) is 17.9. The number of benzene rings is 4. The van der Waals surface area contributed by atoms with Gasteiger partial charge in [0.2, 0.25) is 5.91 Å². The van der Waals surface area contributed by atoms with Gasteiger partial charge in [-0.1, -0.05) is 36.4 Å². The number of carbonyl (C=O) groups excluding carboxylic acids is 1. The van der Waals surface area contributed by atoms with Gasteiger partial charge in [0, 0.05) is 17.3 Å². The van der Waals surface area contributed by atoms with Crippen molar-refractivity contribution in [2.24, 2.45) is 5.92 Å². The summed E-state index contributed by atoms with van der Waals surface area (Å²) in [5.74, 6) is -1.40. The molecular weight excluding hydrogens is 476 g/mol. The predicted molar refractivity (Wildman–Crippen MR) is 136 cm³/mol. The predicted octanol–water partition coefficient (Wildman–Crippen LogP) is 6.26. The van der Waals surface area contributed by atoms with Crippen molar-refractivity contribution in [3.8, 4) is 22.6 Å². The first-order valence-corrected chi connectivity index (χ1v) is 12.0. The molecule has 1 aliphatic rings. The Morgan fingerprint density at radius 1 is 0.811 bits per heavy atom. The number of carbonyl (C=O) groups is 1. The van der Waals surface area contributed by atoms with Gasteiger partial charge in [-0.3, -0.25) is 4.79 Å². The van der Waals surface area contributed by atoms with Gasteiger partial charge in [0.15, 0.2) is 0 Å². The number of aliphatic hydroxyl groups is 1. The van der Waals surface area contributed by atoms with E-state index in [4.69, 9.17) is 0 Å². The van der Waals surface area contributed by atoms with Crippen LogP contribution in [0, 0.1) is 17.6 Å². The molecule has 0 radical (unpaired) electrons. The first-order chi connectivity index (χ1) is 17.8. The molecule has 0 aliphatic carbocycles. The lowest BCUT2D eigenvalue weighted by Gasteiger charge is -2.48. The Hall–Kier alpha value is -4.23. The number of β-lactam (4-membered cyclic amide) rings is 1. The van der Waals surface area contributed by atoms with Gasteiger partial charge in [0.1, 0.15) is 23.1 Å². The van der Waals surface area contributed by atoms with E-state index in [1.54, 1.807) is 23.1 Å². The monoisotopic (exact) mass is 501 g/mol. The maximum atomic E-state index is 13.5. The van der Waals surface area contributed by atoms with Gasteiger partial charge >= 0.3 is 0 Å². The Morgan fingerprint density at radius 3 is 2.05 bits per heavy atom. The number of amides is 1. The minimum atomic E-state index is -0.839. The van der Waals surface area contributed by atoms with Crippen molar-refractivity contribution < 1.29 is 28.9 Å². The summed E-state index contributed by atoms with van der Waals surface area (Å²) >= 11 is 0. The highest BCUT2D eigenvalue weighted by molar-refractivity contribution is 6.03. The second-order valence-electron chi connectivity index (χ2n) is 9.20. The summed E-state index contributed by atoms with van der Waals surface area (Å²) in [5, 5.41) is 30.4. The number of halogens is 2. The lowest BCUT2D eigenvalue weighted by Crippen LogP contribution is -2.55. The number of aliphatic hydroxyl groups excluding tert-OH is 1. The van der Waals surface area contributed by atoms with Crippen LogP contribution >= 0.6 is 0 Å². The Kier molecular flexibility index (Phi) is 6.63. The molecule has 5 rings (SSSR count). The molecule has 0 aromatic heterocycles. The van der Waals surface area contributed by atoms with E-state index in [-0.39, 0.29) is 29.3 Å². The summed E-state index contributed by atoms with van der Waals surface area (Å²) < 4.78 is 26.8. The Morgan fingerprint density at radius 2 is 1.43 bits per heavy atom. The highest BCUT2D eigenvalue weighted by Crippen LogP contribution is 2.47. The number of rotatable bonds is 7.